The van der Waals surface area contributed by atoms with Gasteiger partial charge in [-0.3, -0.25) is 4.79 Å². The molecule has 3 aromatic rings. The molecule has 158 valence electrons. The van der Waals surface area contributed by atoms with Crippen molar-refractivity contribution < 1.29 is 38.7 Å². The lowest BCUT2D eigenvalue weighted by Gasteiger charge is -2.39. The Morgan fingerprint density at radius 3 is 2.50 bits per heavy atom. The molecule has 1 saturated heterocycles. The van der Waals surface area contributed by atoms with Gasteiger partial charge in [0, 0.05) is 11.6 Å². The summed E-state index contributed by atoms with van der Waals surface area (Å²) >= 11 is 0. The summed E-state index contributed by atoms with van der Waals surface area (Å²) in [6.07, 6.45) is -5.99. The second-order valence-corrected chi connectivity index (χ2v) is 6.93. The lowest BCUT2D eigenvalue weighted by Crippen LogP contribution is -2.60. The Kier molecular flexibility index (Phi) is 5.54. The molecule has 0 unspecified atom stereocenters. The van der Waals surface area contributed by atoms with Crippen LogP contribution in [0.25, 0.3) is 22.1 Å². The molecule has 4 rings (SSSR count). The van der Waals surface area contributed by atoms with Gasteiger partial charge < -0.3 is 34.3 Å². The van der Waals surface area contributed by atoms with Crippen molar-refractivity contribution in [3.8, 4) is 16.9 Å². The second kappa shape index (κ2) is 8.13. The van der Waals surface area contributed by atoms with Crippen LogP contribution >= 0.6 is 0 Å². The van der Waals surface area contributed by atoms with Crippen LogP contribution in [0.15, 0.2) is 57.9 Å². The van der Waals surface area contributed by atoms with Gasteiger partial charge in [0.15, 0.2) is 0 Å². The van der Waals surface area contributed by atoms with Gasteiger partial charge in [0.25, 0.3) is 0 Å². The van der Waals surface area contributed by atoms with E-state index in [1.165, 1.54) is 36.4 Å². The number of halogens is 1. The lowest BCUT2D eigenvalue weighted by atomic mass is 9.99. The maximum Gasteiger partial charge on any atom is 0.229 e. The molecule has 0 spiro atoms. The highest BCUT2D eigenvalue weighted by molar-refractivity contribution is 5.82. The van der Waals surface area contributed by atoms with Crippen molar-refractivity contribution in [2.24, 2.45) is 0 Å². The van der Waals surface area contributed by atoms with Crippen LogP contribution < -0.4 is 10.2 Å². The van der Waals surface area contributed by atoms with E-state index in [0.29, 0.717) is 0 Å². The molecule has 1 fully saturated rings. The van der Waals surface area contributed by atoms with Gasteiger partial charge in [0.05, 0.1) is 17.6 Å². The molecule has 1 aliphatic heterocycles. The summed E-state index contributed by atoms with van der Waals surface area (Å²) in [5, 5.41) is 39.2. The smallest absolute Gasteiger partial charge is 0.229 e. The van der Waals surface area contributed by atoms with Crippen LogP contribution in [0.3, 0.4) is 0 Å². The van der Waals surface area contributed by atoms with Gasteiger partial charge in [-0.2, -0.15) is 0 Å². The Morgan fingerprint density at radius 2 is 1.77 bits per heavy atom. The predicted octanol–water partition coefficient (Wildman–Crippen LogP) is 0.778. The Hall–Kier alpha value is -2.82. The fourth-order valence-electron chi connectivity index (χ4n) is 3.35. The number of aliphatic hydroxyl groups excluding tert-OH is 4. The number of ether oxygens (including phenoxy) is 2. The lowest BCUT2D eigenvalue weighted by molar-refractivity contribution is -0.277. The van der Waals surface area contributed by atoms with Crippen molar-refractivity contribution in [1.82, 2.24) is 0 Å². The standard InChI is InChI=1S/C21H19FO8/c22-14-4-2-1-3-11(14)13-9-28-15-7-10(5-6-12(15)17(13)24)29-21-20(27)19(26)18(25)16(8-23)30-21/h1-7,9,16,18-21,23,25-27H,8H2/t16-,18+,19+,20-,21+/m0/s1. The van der Waals surface area contributed by atoms with Crippen molar-refractivity contribution in [3.63, 3.8) is 0 Å². The average molecular weight is 418 g/mol. The molecule has 2 heterocycles. The zero-order chi connectivity index (χ0) is 21.4. The molecule has 8 nitrogen and oxygen atoms in total. The summed E-state index contributed by atoms with van der Waals surface area (Å²) in [5.74, 6) is -0.402. The molecule has 4 N–H and O–H groups in total. The average Bonchev–Trinajstić information content (AvgIpc) is 2.75. The Morgan fingerprint density at radius 1 is 1.00 bits per heavy atom. The Labute approximate surface area is 169 Å². The van der Waals surface area contributed by atoms with Gasteiger partial charge in [-0.15, -0.1) is 0 Å². The third-order valence-corrected chi connectivity index (χ3v) is 5.01. The molecule has 0 saturated carbocycles. The second-order valence-electron chi connectivity index (χ2n) is 6.93. The molecule has 9 heteroatoms. The van der Waals surface area contributed by atoms with Crippen molar-refractivity contribution in [2.45, 2.75) is 30.7 Å². The summed E-state index contributed by atoms with van der Waals surface area (Å²) in [5.41, 5.74) is -0.0825. The van der Waals surface area contributed by atoms with Gasteiger partial charge in [0.1, 0.15) is 47.8 Å². The van der Waals surface area contributed by atoms with Gasteiger partial charge >= 0.3 is 0 Å². The van der Waals surface area contributed by atoms with Crippen LogP contribution in [0.1, 0.15) is 0 Å². The normalized spacial score (nSPS) is 26.6. The van der Waals surface area contributed by atoms with Crippen molar-refractivity contribution in [1.29, 1.82) is 0 Å². The van der Waals surface area contributed by atoms with E-state index in [0.717, 1.165) is 6.26 Å². The molecule has 5 atom stereocenters. The first-order valence-corrected chi connectivity index (χ1v) is 9.18. The van der Waals surface area contributed by atoms with Crippen LogP contribution in [-0.2, 0) is 4.74 Å². The topological polar surface area (TPSA) is 130 Å². The van der Waals surface area contributed by atoms with Crippen LogP contribution in [0.5, 0.6) is 5.75 Å². The van der Waals surface area contributed by atoms with Crippen LogP contribution in [0.4, 0.5) is 4.39 Å². The van der Waals surface area contributed by atoms with E-state index in [1.807, 2.05) is 0 Å². The van der Waals surface area contributed by atoms with E-state index < -0.39 is 48.6 Å². The van der Waals surface area contributed by atoms with Crippen molar-refractivity contribution >= 4 is 11.0 Å². The van der Waals surface area contributed by atoms with Gasteiger partial charge in [-0.1, -0.05) is 18.2 Å². The third-order valence-electron chi connectivity index (χ3n) is 5.01. The summed E-state index contributed by atoms with van der Waals surface area (Å²) in [7, 11) is 0. The van der Waals surface area contributed by atoms with Gasteiger partial charge in [-0.05, 0) is 18.2 Å². The van der Waals surface area contributed by atoms with E-state index in [1.54, 1.807) is 6.07 Å². The summed E-state index contributed by atoms with van der Waals surface area (Å²) < 4.78 is 30.4. The molecular formula is C21H19FO8. The highest BCUT2D eigenvalue weighted by Crippen LogP contribution is 2.28. The number of fused-ring (bicyclic) bond motifs is 1. The summed E-state index contributed by atoms with van der Waals surface area (Å²) in [6.45, 7) is -0.587. The summed E-state index contributed by atoms with van der Waals surface area (Å²) in [6, 6.07) is 10.1. The summed E-state index contributed by atoms with van der Waals surface area (Å²) in [4.78, 5) is 12.8. The maximum absolute atomic E-state index is 14.0. The first-order chi connectivity index (χ1) is 14.4. The van der Waals surface area contributed by atoms with E-state index in [-0.39, 0.29) is 27.8 Å². The fourth-order valence-corrected chi connectivity index (χ4v) is 3.35. The zero-order valence-electron chi connectivity index (χ0n) is 15.5. The van der Waals surface area contributed by atoms with Crippen LogP contribution in [0, 0.1) is 5.82 Å². The Bertz CT molecular complexity index is 1110. The number of rotatable bonds is 4. The Balaban J connectivity index is 1.64. The maximum atomic E-state index is 14.0. The number of hydrogen-bond acceptors (Lipinski definition) is 8. The SMILES string of the molecule is O=c1c(-c2ccccc2F)coc2cc(O[C@@H]3O[C@@H](CO)[C@@H](O)[C@@H](O)[C@@H]3O)ccc12. The third kappa shape index (κ3) is 3.57. The quantitative estimate of drug-likeness (QED) is 0.489. The fraction of sp³-hybridized carbons (Fsp3) is 0.286. The molecule has 0 aliphatic carbocycles. The minimum atomic E-state index is -1.58. The predicted molar refractivity (Wildman–Crippen MR) is 102 cm³/mol. The van der Waals surface area contributed by atoms with Crippen molar-refractivity contribution in [3.05, 3.63) is 64.8 Å². The number of hydrogen-bond donors (Lipinski definition) is 4. The van der Waals surface area contributed by atoms with Crippen LogP contribution in [-0.4, -0.2) is 57.7 Å². The monoisotopic (exact) mass is 418 g/mol. The molecule has 0 amide bonds. The molecule has 0 radical (unpaired) electrons. The molecule has 30 heavy (non-hydrogen) atoms. The van der Waals surface area contributed by atoms with Crippen molar-refractivity contribution in [2.75, 3.05) is 6.61 Å². The highest BCUT2D eigenvalue weighted by Gasteiger charge is 2.44. The first-order valence-electron chi connectivity index (χ1n) is 9.18. The molecule has 0 bridgehead atoms. The van der Waals surface area contributed by atoms with Gasteiger partial charge in [-0.25, -0.2) is 4.39 Å². The largest absolute Gasteiger partial charge is 0.463 e. The molecule has 2 aromatic carbocycles. The number of benzene rings is 2. The van der Waals surface area contributed by atoms with Gasteiger partial charge in [0.2, 0.25) is 11.7 Å². The number of aliphatic hydroxyl groups is 4. The van der Waals surface area contributed by atoms with E-state index in [4.69, 9.17) is 13.9 Å². The van der Waals surface area contributed by atoms with E-state index >= 15 is 0 Å². The van der Waals surface area contributed by atoms with E-state index in [9.17, 15) is 29.6 Å². The minimum Gasteiger partial charge on any atom is -0.463 e. The van der Waals surface area contributed by atoms with E-state index in [2.05, 4.69) is 0 Å². The molecule has 1 aromatic heterocycles. The molecule has 1 aliphatic rings. The minimum absolute atomic E-state index is 0.0724. The van der Waals surface area contributed by atoms with Crippen LogP contribution in [0.2, 0.25) is 0 Å². The zero-order valence-corrected chi connectivity index (χ0v) is 15.5. The first kappa shape index (κ1) is 20.5. The highest BCUT2D eigenvalue weighted by atomic mass is 19.1. The molecular weight excluding hydrogens is 399 g/mol.